The monoisotopic (exact) mass is 838 g/mol. The number of para-hydroxylation sites is 1. The van der Waals surface area contributed by atoms with Crippen LogP contribution in [0.25, 0.3) is 0 Å². The number of aliphatic hydroxyl groups excluding tert-OH is 1. The van der Waals surface area contributed by atoms with E-state index in [0.29, 0.717) is 18.8 Å². The molecule has 8 nitrogen and oxygen atoms in total. The number of β-amino-alcohol motifs (C(OH)–C–C–N with tert-alkyl or cyclic N) is 1. The summed E-state index contributed by atoms with van der Waals surface area (Å²) in [5.74, 6) is 1.84. The van der Waals surface area contributed by atoms with Crippen LogP contribution in [0.2, 0.25) is 0 Å². The van der Waals surface area contributed by atoms with E-state index in [-0.39, 0.29) is 43.8 Å². The number of ether oxygens (including phenoxy) is 3. The molecule has 0 spiro atoms. The van der Waals surface area contributed by atoms with Gasteiger partial charge in [-0.25, -0.2) is 0 Å². The van der Waals surface area contributed by atoms with Crippen LogP contribution in [0.5, 0.6) is 11.5 Å². The van der Waals surface area contributed by atoms with Crippen LogP contribution in [0, 0.1) is 0 Å². The fourth-order valence-electron chi connectivity index (χ4n) is 6.35. The molecule has 3 aromatic rings. The largest absolute Gasteiger partial charge is 0.494 e. The predicted octanol–water partition coefficient (Wildman–Crippen LogP) is 8.54. The second kappa shape index (κ2) is 25.2. The van der Waals surface area contributed by atoms with Crippen molar-refractivity contribution in [2.75, 3.05) is 103 Å². The van der Waals surface area contributed by atoms with Crippen LogP contribution in [0.1, 0.15) is 38.2 Å². The van der Waals surface area contributed by atoms with Gasteiger partial charge in [-0.2, -0.15) is 13.2 Å². The molecule has 2 saturated heterocycles. The molecule has 0 radical (unpaired) electrons. The van der Waals surface area contributed by atoms with E-state index in [4.69, 9.17) is 19.3 Å². The van der Waals surface area contributed by atoms with Crippen LogP contribution in [0.15, 0.2) is 76.5 Å². The highest BCUT2D eigenvalue weighted by Gasteiger charge is 2.33. The van der Waals surface area contributed by atoms with Crippen LogP contribution in [0.3, 0.4) is 0 Å². The van der Waals surface area contributed by atoms with Crippen molar-refractivity contribution in [2.45, 2.75) is 48.6 Å². The Morgan fingerprint density at radius 2 is 1.22 bits per heavy atom. The Morgan fingerprint density at radius 3 is 1.83 bits per heavy atom. The van der Waals surface area contributed by atoms with Crippen LogP contribution in [-0.4, -0.2) is 118 Å². The van der Waals surface area contributed by atoms with E-state index >= 15 is 0 Å². The summed E-state index contributed by atoms with van der Waals surface area (Å²) in [5, 5.41) is 9.07. The van der Waals surface area contributed by atoms with Crippen molar-refractivity contribution in [2.24, 2.45) is 0 Å². The number of aliphatic hydroxyl groups is 1. The van der Waals surface area contributed by atoms with Crippen LogP contribution in [0.4, 0.5) is 24.5 Å². The molecule has 0 amide bonds. The fraction of sp³-hybridized carbons (Fsp3) is 0.538. The molecule has 6 rings (SSSR count). The van der Waals surface area contributed by atoms with Crippen molar-refractivity contribution in [1.29, 1.82) is 0 Å². The molecule has 0 bridgehead atoms. The molecule has 304 valence electrons. The molecule has 0 atom stereocenters. The van der Waals surface area contributed by atoms with Gasteiger partial charge in [0.1, 0.15) is 11.5 Å². The first-order valence-electron chi connectivity index (χ1n) is 18.3. The first-order valence-corrected chi connectivity index (χ1v) is 19.1. The Bertz CT molecular complexity index is 1470. The first-order chi connectivity index (χ1) is 24.8. The number of unbranched alkanes of at least 4 members (excludes halogenated alkanes) is 1. The van der Waals surface area contributed by atoms with Crippen molar-refractivity contribution < 1.29 is 32.5 Å². The number of morpholine rings is 1. The average molecular weight is 840 g/mol. The summed E-state index contributed by atoms with van der Waals surface area (Å²) in [7, 11) is 0. The zero-order valence-corrected chi connectivity index (χ0v) is 34.3. The lowest BCUT2D eigenvalue weighted by Gasteiger charge is -2.36. The number of benzene rings is 3. The zero-order valence-electron chi connectivity index (χ0n) is 31.0. The molecule has 3 aromatic carbocycles. The summed E-state index contributed by atoms with van der Waals surface area (Å²) >= 11 is 1.53. The molecule has 0 saturated carbocycles. The summed E-state index contributed by atoms with van der Waals surface area (Å²) < 4.78 is 56.7. The second-order valence-electron chi connectivity index (χ2n) is 13.0. The molecular weight excluding hydrogens is 784 g/mol. The second-order valence-corrected chi connectivity index (χ2v) is 14.1. The number of halogens is 6. The third-order valence-electron chi connectivity index (χ3n) is 9.27. The van der Waals surface area contributed by atoms with Gasteiger partial charge in [0, 0.05) is 68.7 Å². The zero-order chi connectivity index (χ0) is 35.9. The Labute approximate surface area is 341 Å². The SMILES string of the molecule is CCCCOc1ccc(OCCCN2CCOCC2)cc1.Cl.Cl.Cl.OCCN1CCN(CCCN2c3ccccc3Sc3ccc(C(F)(F)F)cc32)CC1. The van der Waals surface area contributed by atoms with E-state index in [2.05, 4.69) is 21.6 Å². The number of fused-ring (bicyclic) bond motifs is 2. The minimum Gasteiger partial charge on any atom is -0.494 e. The summed E-state index contributed by atoms with van der Waals surface area (Å²) in [6, 6.07) is 19.9. The molecule has 15 heteroatoms. The van der Waals surface area contributed by atoms with Gasteiger partial charge in [-0.05, 0) is 80.4 Å². The highest BCUT2D eigenvalue weighted by molar-refractivity contribution is 7.99. The van der Waals surface area contributed by atoms with Gasteiger partial charge in [-0.1, -0.05) is 37.2 Å². The van der Waals surface area contributed by atoms with Crippen LogP contribution >= 0.6 is 49.0 Å². The smallest absolute Gasteiger partial charge is 0.416 e. The van der Waals surface area contributed by atoms with Gasteiger partial charge in [0.05, 0.1) is 50.0 Å². The van der Waals surface area contributed by atoms with Gasteiger partial charge in [-0.15, -0.1) is 37.2 Å². The van der Waals surface area contributed by atoms with E-state index in [1.165, 1.54) is 23.9 Å². The van der Waals surface area contributed by atoms with Gasteiger partial charge in [0.15, 0.2) is 0 Å². The maximum absolute atomic E-state index is 13.3. The standard InChI is InChI=1S/C22H26F3N3OS.C17H27NO3.3ClH/c23-22(24,25)17-6-7-21-19(16-17)28(18-4-1-2-5-20(18)30-21)9-3-8-26-10-12-27(13-11-26)14-15-29;1-2-3-12-20-16-5-7-17(8-6-16)21-13-4-9-18-10-14-19-15-11-18;;;/h1-2,4-7,16,29H,3,8-15H2;5-8H,2-4,9-15H2,1H3;3*1H. The predicted molar refractivity (Wildman–Crippen MR) is 220 cm³/mol. The minimum absolute atomic E-state index is 0. The van der Waals surface area contributed by atoms with Gasteiger partial charge in [0.25, 0.3) is 0 Å². The average Bonchev–Trinajstić information content (AvgIpc) is 3.15. The Hall–Kier alpha value is -2.13. The molecule has 1 N–H and O–H groups in total. The van der Waals surface area contributed by atoms with Crippen molar-refractivity contribution in [3.63, 3.8) is 0 Å². The fourth-order valence-corrected chi connectivity index (χ4v) is 7.42. The normalized spacial score (nSPS) is 16.0. The van der Waals surface area contributed by atoms with Crippen molar-refractivity contribution in [3.05, 3.63) is 72.3 Å². The third-order valence-corrected chi connectivity index (χ3v) is 10.4. The highest BCUT2D eigenvalue weighted by Crippen LogP contribution is 2.49. The molecule has 3 heterocycles. The summed E-state index contributed by atoms with van der Waals surface area (Å²) in [5.41, 5.74) is 1.01. The number of hydrogen-bond donors (Lipinski definition) is 1. The lowest BCUT2D eigenvalue weighted by atomic mass is 10.1. The van der Waals surface area contributed by atoms with Gasteiger partial charge in [0.2, 0.25) is 0 Å². The van der Waals surface area contributed by atoms with E-state index in [1.54, 1.807) is 6.07 Å². The highest BCUT2D eigenvalue weighted by atomic mass is 35.5. The number of hydrogen-bond acceptors (Lipinski definition) is 9. The first kappa shape index (κ1) is 48.0. The van der Waals surface area contributed by atoms with E-state index < -0.39 is 11.7 Å². The Kier molecular flexibility index (Phi) is 22.4. The minimum atomic E-state index is -4.35. The molecule has 0 aliphatic carbocycles. The van der Waals surface area contributed by atoms with E-state index in [0.717, 1.165) is 131 Å². The van der Waals surface area contributed by atoms with Gasteiger partial charge < -0.3 is 29.1 Å². The maximum Gasteiger partial charge on any atom is 0.416 e. The summed E-state index contributed by atoms with van der Waals surface area (Å²) in [6.07, 6.45) is -0.176. The van der Waals surface area contributed by atoms with Crippen molar-refractivity contribution in [3.8, 4) is 11.5 Å². The van der Waals surface area contributed by atoms with Crippen molar-refractivity contribution >= 4 is 60.4 Å². The molecule has 54 heavy (non-hydrogen) atoms. The van der Waals surface area contributed by atoms with Crippen LogP contribution < -0.4 is 14.4 Å². The molecule has 3 aliphatic heterocycles. The summed E-state index contributed by atoms with van der Waals surface area (Å²) in [6.45, 7) is 14.9. The van der Waals surface area contributed by atoms with Crippen molar-refractivity contribution in [1.82, 2.24) is 14.7 Å². The van der Waals surface area contributed by atoms with Gasteiger partial charge in [-0.3, -0.25) is 9.80 Å². The van der Waals surface area contributed by atoms with Crippen LogP contribution in [-0.2, 0) is 10.9 Å². The number of nitrogens with zero attached hydrogens (tertiary/aromatic N) is 4. The molecule has 0 aromatic heterocycles. The van der Waals surface area contributed by atoms with E-state index in [9.17, 15) is 13.2 Å². The quantitative estimate of drug-likeness (QED) is 0.152. The molecule has 3 aliphatic rings. The number of anilines is 2. The summed E-state index contributed by atoms with van der Waals surface area (Å²) in [4.78, 5) is 11.0. The lowest BCUT2D eigenvalue weighted by molar-refractivity contribution is -0.137. The maximum atomic E-state index is 13.3. The Balaban J connectivity index is 0.000000374. The third kappa shape index (κ3) is 15.1. The number of alkyl halides is 3. The Morgan fingerprint density at radius 1 is 0.667 bits per heavy atom. The van der Waals surface area contributed by atoms with E-state index in [1.807, 2.05) is 53.4 Å². The number of rotatable bonds is 15. The molecule has 2 fully saturated rings. The molecule has 0 unspecified atom stereocenters. The van der Waals surface area contributed by atoms with Gasteiger partial charge >= 0.3 is 6.18 Å². The number of piperazine rings is 1. The molecular formula is C39H56Cl3F3N4O4S. The topological polar surface area (TPSA) is 60.9 Å². The lowest BCUT2D eigenvalue weighted by Crippen LogP contribution is -2.47.